The van der Waals surface area contributed by atoms with Crippen molar-refractivity contribution in [3.05, 3.63) is 198 Å². The Morgan fingerprint density at radius 2 is 1.13 bits per heavy atom. The van der Waals surface area contributed by atoms with Gasteiger partial charge >= 0.3 is 0 Å². The molecule has 6 nitrogen and oxygen atoms in total. The Bertz CT molecular complexity index is 4050. The van der Waals surface area contributed by atoms with Crippen molar-refractivity contribution < 1.29 is 17.7 Å². The van der Waals surface area contributed by atoms with Gasteiger partial charge in [-0.05, 0) is 150 Å². The molecule has 14 rings (SSSR count). The van der Waals surface area contributed by atoms with Gasteiger partial charge in [0.2, 0.25) is 0 Å². The normalized spacial score (nSPS) is 13.2. The Hall–Kier alpha value is -8.42. The van der Waals surface area contributed by atoms with Gasteiger partial charge in [-0.25, -0.2) is 0 Å². The molecule has 4 aromatic heterocycles. The lowest BCUT2D eigenvalue weighted by Gasteiger charge is -2.43. The molecule has 8 aromatic carbocycles. The fourth-order valence-electron chi connectivity index (χ4n) is 11.5. The lowest BCUT2D eigenvalue weighted by atomic mass is 9.35. The number of hydrogen-bond donors (Lipinski definition) is 0. The van der Waals surface area contributed by atoms with Crippen molar-refractivity contribution in [2.75, 3.05) is 9.80 Å². The van der Waals surface area contributed by atoms with Gasteiger partial charge in [-0.3, -0.25) is 0 Å². The Labute approximate surface area is 406 Å². The van der Waals surface area contributed by atoms with Gasteiger partial charge in [0, 0.05) is 61.0 Å². The molecule has 0 radical (unpaired) electrons. The summed E-state index contributed by atoms with van der Waals surface area (Å²) in [5.74, 6) is 1.65. The first-order chi connectivity index (χ1) is 34.0. The third kappa shape index (κ3) is 6.07. The van der Waals surface area contributed by atoms with E-state index in [1.807, 2.05) is 42.7 Å². The third-order valence-electron chi connectivity index (χ3n) is 14.7. The van der Waals surface area contributed by atoms with E-state index in [9.17, 15) is 0 Å². The van der Waals surface area contributed by atoms with Gasteiger partial charge in [-0.1, -0.05) is 106 Å². The zero-order chi connectivity index (χ0) is 47.2. The first-order valence-corrected chi connectivity index (χ1v) is 24.2. The van der Waals surface area contributed by atoms with Gasteiger partial charge in [-0.15, -0.1) is 0 Å². The van der Waals surface area contributed by atoms with E-state index >= 15 is 0 Å². The molecule has 0 bridgehead atoms. The molecule has 0 atom stereocenters. The van der Waals surface area contributed by atoms with E-state index in [0.717, 1.165) is 140 Å². The molecule has 0 saturated heterocycles. The van der Waals surface area contributed by atoms with Crippen molar-refractivity contribution in [1.29, 1.82) is 0 Å². The molecule has 336 valence electrons. The van der Waals surface area contributed by atoms with E-state index in [1.165, 1.54) is 11.0 Å². The van der Waals surface area contributed by atoms with Crippen molar-refractivity contribution in [1.82, 2.24) is 0 Å². The molecule has 0 amide bonds. The number of aryl methyl sites for hydroxylation is 3. The van der Waals surface area contributed by atoms with Crippen LogP contribution >= 0.6 is 0 Å². The average Bonchev–Trinajstić information content (AvgIpc) is 4.18. The van der Waals surface area contributed by atoms with Gasteiger partial charge < -0.3 is 27.5 Å². The number of furan rings is 4. The van der Waals surface area contributed by atoms with E-state index in [0.29, 0.717) is 0 Å². The minimum absolute atomic E-state index is 0.0811. The van der Waals surface area contributed by atoms with Crippen LogP contribution in [0.5, 0.6) is 0 Å². The maximum atomic E-state index is 7.35. The smallest absolute Gasteiger partial charge is 0.297 e. The van der Waals surface area contributed by atoms with Crippen LogP contribution in [0, 0.1) is 20.8 Å². The lowest BCUT2D eigenvalue weighted by Crippen LogP contribution is -2.61. The second-order valence-corrected chi connectivity index (χ2v) is 20.3. The average molecular weight is 907 g/mol. The molecule has 12 aromatic rings. The molecule has 0 spiro atoms. The second-order valence-electron chi connectivity index (χ2n) is 20.3. The van der Waals surface area contributed by atoms with Crippen LogP contribution in [-0.2, 0) is 5.41 Å². The Balaban J connectivity index is 1.04. The maximum absolute atomic E-state index is 7.35. The van der Waals surface area contributed by atoms with E-state index in [2.05, 4.69) is 185 Å². The highest BCUT2D eigenvalue weighted by Crippen LogP contribution is 2.50. The van der Waals surface area contributed by atoms with Crippen molar-refractivity contribution in [2.24, 2.45) is 0 Å². The van der Waals surface area contributed by atoms with Crippen LogP contribution in [0.1, 0.15) is 43.0 Å². The molecule has 0 N–H and O–H groups in total. The molecule has 2 aliphatic heterocycles. The van der Waals surface area contributed by atoms with Crippen molar-refractivity contribution in [3.63, 3.8) is 0 Å². The minimum atomic E-state index is -0.228. The van der Waals surface area contributed by atoms with E-state index in [-0.39, 0.29) is 12.1 Å². The largest absolute Gasteiger partial charge is 0.468 e. The summed E-state index contributed by atoms with van der Waals surface area (Å²) in [5, 5.41) is 4.35. The van der Waals surface area contributed by atoms with Crippen molar-refractivity contribution in [3.8, 4) is 33.8 Å². The summed E-state index contributed by atoms with van der Waals surface area (Å²) < 4.78 is 26.5. The molecule has 6 heterocycles. The summed E-state index contributed by atoms with van der Waals surface area (Å²) >= 11 is 0. The summed E-state index contributed by atoms with van der Waals surface area (Å²) in [6, 6.07) is 60.7. The predicted octanol–water partition coefficient (Wildman–Crippen LogP) is 16.0. The van der Waals surface area contributed by atoms with Gasteiger partial charge in [0.15, 0.2) is 0 Å². The Kier molecular flexibility index (Phi) is 8.59. The standard InChI is InChI=1S/C63H47BN2O4/c1-36-26-51-59-52(27-36)66(60-37(2)28-43(29-38(60)3)48-35-67-55-21-12-9-18-46(48)55)61-47-34-44(63(4,5)6)23-25-56(47)70-62(61)64(59)49-24-22-42(58-33-41-15-8-11-20-54(41)69-58)31-50(49)65(51)45-17-13-16-39(30-45)57-32-40-14-7-10-19-53(40)68-57/h7-35H,1-6H3. The topological polar surface area (TPSA) is 59.0 Å². The van der Waals surface area contributed by atoms with Crippen LogP contribution in [0.25, 0.3) is 77.7 Å². The van der Waals surface area contributed by atoms with Crippen molar-refractivity contribution >= 4 is 101 Å². The van der Waals surface area contributed by atoms with E-state index in [4.69, 9.17) is 17.7 Å². The number of benzene rings is 8. The Morgan fingerprint density at radius 1 is 0.471 bits per heavy atom. The van der Waals surface area contributed by atoms with E-state index < -0.39 is 0 Å². The molecular weight excluding hydrogens is 860 g/mol. The lowest BCUT2D eigenvalue weighted by molar-refractivity contribution is 0.590. The third-order valence-corrected chi connectivity index (χ3v) is 14.7. The number of para-hydroxylation sites is 3. The zero-order valence-corrected chi connectivity index (χ0v) is 39.8. The molecule has 70 heavy (non-hydrogen) atoms. The summed E-state index contributed by atoms with van der Waals surface area (Å²) in [6.45, 7) is 13.3. The monoisotopic (exact) mass is 906 g/mol. The van der Waals surface area contributed by atoms with Gasteiger partial charge in [-0.2, -0.15) is 0 Å². The number of rotatable bonds is 5. The molecule has 2 aliphatic rings. The summed E-state index contributed by atoms with van der Waals surface area (Å²) in [4.78, 5) is 4.97. The highest BCUT2D eigenvalue weighted by Gasteiger charge is 2.47. The van der Waals surface area contributed by atoms with Crippen LogP contribution in [0.4, 0.5) is 34.1 Å². The first-order valence-electron chi connectivity index (χ1n) is 24.2. The minimum Gasteiger partial charge on any atom is -0.468 e. The van der Waals surface area contributed by atoms with Gasteiger partial charge in [0.25, 0.3) is 6.71 Å². The van der Waals surface area contributed by atoms with Crippen LogP contribution in [0.15, 0.2) is 194 Å². The SMILES string of the molecule is Cc1cc2c3c(c1)N(c1c(C)cc(-c4coc5ccccc45)cc1C)c1c(oc4ccc(C(C)(C)C)cc14)B3c1ccc(-c3cc4ccccc4o3)cc1N2c1cccc(-c2cc3ccccc3o2)c1. The fraction of sp³-hybridized carbons (Fsp3) is 0.111. The fourth-order valence-corrected chi connectivity index (χ4v) is 11.5. The first kappa shape index (κ1) is 40.6. The van der Waals surface area contributed by atoms with Crippen LogP contribution in [-0.4, -0.2) is 6.71 Å². The predicted molar refractivity (Wildman–Crippen MR) is 289 cm³/mol. The Morgan fingerprint density at radius 3 is 1.83 bits per heavy atom. The molecule has 0 saturated carbocycles. The molecule has 0 unspecified atom stereocenters. The van der Waals surface area contributed by atoms with Crippen LogP contribution in [0.2, 0.25) is 0 Å². The number of hydrogen-bond acceptors (Lipinski definition) is 6. The van der Waals surface area contributed by atoms with Crippen LogP contribution in [0.3, 0.4) is 0 Å². The zero-order valence-electron chi connectivity index (χ0n) is 39.8. The highest BCUT2D eigenvalue weighted by atomic mass is 16.3. The van der Waals surface area contributed by atoms with E-state index in [1.54, 1.807) is 0 Å². The van der Waals surface area contributed by atoms with Crippen molar-refractivity contribution in [2.45, 2.75) is 47.0 Å². The summed E-state index contributed by atoms with van der Waals surface area (Å²) in [7, 11) is 0. The van der Waals surface area contributed by atoms with Crippen LogP contribution < -0.4 is 26.4 Å². The quantitative estimate of drug-likeness (QED) is 0.160. The number of anilines is 6. The molecule has 0 aliphatic carbocycles. The molecule has 7 heteroatoms. The summed E-state index contributed by atoms with van der Waals surface area (Å²) in [5.41, 5.74) is 22.1. The number of nitrogens with zero attached hydrogens (tertiary/aromatic N) is 2. The highest BCUT2D eigenvalue weighted by molar-refractivity contribution is 7.00. The second kappa shape index (κ2) is 14.8. The maximum Gasteiger partial charge on any atom is 0.297 e. The number of fused-ring (bicyclic) bond motifs is 9. The summed E-state index contributed by atoms with van der Waals surface area (Å²) in [6.07, 6.45) is 1.89. The van der Waals surface area contributed by atoms with Gasteiger partial charge in [0.05, 0.1) is 23.3 Å². The molecule has 0 fully saturated rings. The molecular formula is C63H47BN2O4. The van der Waals surface area contributed by atoms with Gasteiger partial charge in [0.1, 0.15) is 33.9 Å².